The molecule has 1 amide bonds. The van der Waals surface area contributed by atoms with Gasteiger partial charge in [0.15, 0.2) is 0 Å². The summed E-state index contributed by atoms with van der Waals surface area (Å²) in [5.41, 5.74) is 3.32. The average Bonchev–Trinajstić information content (AvgIpc) is 2.96. The maximum Gasteiger partial charge on any atom is 0.253 e. The van der Waals surface area contributed by atoms with Gasteiger partial charge in [0.2, 0.25) is 0 Å². The van der Waals surface area contributed by atoms with E-state index < -0.39 is 0 Å². The average molecular weight is 325 g/mol. The zero-order valence-electron chi connectivity index (χ0n) is 13.8. The highest BCUT2D eigenvalue weighted by Gasteiger charge is 2.42. The molecule has 2 aromatic rings. The van der Waals surface area contributed by atoms with E-state index in [1.165, 1.54) is 11.1 Å². The first-order valence-electron chi connectivity index (χ1n) is 9.12. The first-order valence-corrected chi connectivity index (χ1v) is 9.12. The van der Waals surface area contributed by atoms with E-state index in [4.69, 9.17) is 0 Å². The monoisotopic (exact) mass is 325 g/mol. The van der Waals surface area contributed by atoms with E-state index in [0.29, 0.717) is 12.5 Å². The molecule has 1 N–H and O–H groups in total. The van der Waals surface area contributed by atoms with Gasteiger partial charge in [0.1, 0.15) is 0 Å². The number of hydroxylamine groups is 3. The zero-order valence-corrected chi connectivity index (χ0v) is 13.8. The number of aromatic nitrogens is 1. The Bertz CT molecular complexity index is 817. The number of fused-ring (bicyclic) bond motifs is 3. The normalized spacial score (nSPS) is 31.4. The number of piperidine rings is 3. The number of carbonyl (C=O) groups excluding carboxylic acids is 1. The van der Waals surface area contributed by atoms with Gasteiger partial charge in [-0.1, -0.05) is 18.2 Å². The third-order valence-electron chi connectivity index (χ3n) is 6.30. The maximum atomic E-state index is 12.9. The van der Waals surface area contributed by atoms with Crippen LogP contribution in [0.2, 0.25) is 0 Å². The molecule has 24 heavy (non-hydrogen) atoms. The minimum Gasteiger partial charge on any atom is -0.633 e. The Balaban J connectivity index is 1.46. The Kier molecular flexibility index (Phi) is 3.06. The Morgan fingerprint density at radius 2 is 2.12 bits per heavy atom. The molecular formula is C19H23N3O2. The zero-order chi connectivity index (χ0) is 16.3. The quantitative estimate of drug-likeness (QED) is 0.681. The van der Waals surface area contributed by atoms with Crippen LogP contribution in [0.3, 0.4) is 0 Å². The van der Waals surface area contributed by atoms with Crippen LogP contribution in [0.15, 0.2) is 24.4 Å². The molecule has 0 radical (unpaired) electrons. The van der Waals surface area contributed by atoms with Crippen molar-refractivity contribution < 1.29 is 9.44 Å². The van der Waals surface area contributed by atoms with Crippen molar-refractivity contribution in [2.75, 3.05) is 19.6 Å². The SMILES string of the molecule is O=C(NC1C[N+]2([O-])CCC1CC2)c1cn2c3c(cccc13)CCC2. The molecule has 6 rings (SSSR count). The fourth-order valence-electron chi connectivity index (χ4n) is 5.00. The van der Waals surface area contributed by atoms with Crippen molar-refractivity contribution in [2.45, 2.75) is 38.3 Å². The van der Waals surface area contributed by atoms with Gasteiger partial charge in [-0.3, -0.25) is 4.79 Å². The molecule has 5 heterocycles. The Hall–Kier alpha value is -1.85. The summed E-state index contributed by atoms with van der Waals surface area (Å²) >= 11 is 0. The number of para-hydroxylation sites is 1. The largest absolute Gasteiger partial charge is 0.633 e. The van der Waals surface area contributed by atoms with Gasteiger partial charge in [-0.15, -0.1) is 0 Å². The molecule has 1 atom stereocenters. The summed E-state index contributed by atoms with van der Waals surface area (Å²) in [6.07, 6.45) is 6.11. The van der Waals surface area contributed by atoms with Crippen LogP contribution in [-0.4, -0.2) is 40.8 Å². The predicted molar refractivity (Wildman–Crippen MR) is 92.5 cm³/mol. The van der Waals surface area contributed by atoms with E-state index >= 15 is 0 Å². The van der Waals surface area contributed by atoms with E-state index in [2.05, 4.69) is 22.0 Å². The standard InChI is InChI=1S/C19H23N3O2/c23-19(20-17-12-22(24)9-6-13(17)7-10-22)16-11-21-8-2-4-14-3-1-5-15(16)18(14)21/h1,3,5,11,13,17H,2,4,6-10,12H2,(H,20,23). The van der Waals surface area contributed by atoms with Gasteiger partial charge >= 0.3 is 0 Å². The highest BCUT2D eigenvalue weighted by Crippen LogP contribution is 2.34. The smallest absolute Gasteiger partial charge is 0.253 e. The molecule has 5 heteroatoms. The highest BCUT2D eigenvalue weighted by atomic mass is 16.5. The van der Waals surface area contributed by atoms with Crippen molar-refractivity contribution in [1.29, 1.82) is 0 Å². The number of aryl methyl sites for hydroxylation is 2. The van der Waals surface area contributed by atoms with Gasteiger partial charge in [0.05, 0.1) is 36.8 Å². The molecule has 0 spiro atoms. The second-order valence-corrected chi connectivity index (χ2v) is 7.76. The molecule has 4 aliphatic heterocycles. The molecule has 0 aliphatic carbocycles. The van der Waals surface area contributed by atoms with Crippen LogP contribution in [0.5, 0.6) is 0 Å². The summed E-state index contributed by atoms with van der Waals surface area (Å²) in [5.74, 6) is 0.464. The van der Waals surface area contributed by atoms with Gasteiger partial charge in [0.25, 0.3) is 5.91 Å². The Morgan fingerprint density at radius 3 is 2.92 bits per heavy atom. The number of quaternary nitrogens is 1. The van der Waals surface area contributed by atoms with Gasteiger partial charge in [0, 0.05) is 31.0 Å². The molecule has 1 aromatic carbocycles. The van der Waals surface area contributed by atoms with Crippen LogP contribution in [0.1, 0.15) is 35.2 Å². The molecule has 1 unspecified atom stereocenters. The number of carbonyl (C=O) groups is 1. The van der Waals surface area contributed by atoms with Crippen LogP contribution in [0, 0.1) is 11.1 Å². The number of nitrogens with one attached hydrogen (secondary N) is 1. The molecule has 3 fully saturated rings. The minimum atomic E-state index is -0.118. The molecule has 5 nitrogen and oxygen atoms in total. The summed E-state index contributed by atoms with van der Waals surface area (Å²) in [5, 5.41) is 16.8. The highest BCUT2D eigenvalue weighted by molar-refractivity contribution is 6.07. The van der Waals surface area contributed by atoms with Crippen LogP contribution >= 0.6 is 0 Å². The molecular weight excluding hydrogens is 302 g/mol. The lowest BCUT2D eigenvalue weighted by Crippen LogP contribution is -2.64. The predicted octanol–water partition coefficient (Wildman–Crippen LogP) is 2.42. The van der Waals surface area contributed by atoms with Crippen LogP contribution in [-0.2, 0) is 13.0 Å². The fraction of sp³-hybridized carbons (Fsp3) is 0.526. The lowest BCUT2D eigenvalue weighted by atomic mass is 9.83. The molecule has 126 valence electrons. The third kappa shape index (κ3) is 2.11. The number of nitrogens with zero attached hydrogens (tertiary/aromatic N) is 2. The first kappa shape index (κ1) is 14.5. The van der Waals surface area contributed by atoms with Gasteiger partial charge < -0.3 is 19.7 Å². The summed E-state index contributed by atoms with van der Waals surface area (Å²) < 4.78 is 2.11. The van der Waals surface area contributed by atoms with Crippen molar-refractivity contribution in [3.63, 3.8) is 0 Å². The lowest BCUT2D eigenvalue weighted by Gasteiger charge is -2.55. The molecule has 1 aromatic heterocycles. The first-order chi connectivity index (χ1) is 11.6. The Morgan fingerprint density at radius 1 is 1.29 bits per heavy atom. The minimum absolute atomic E-state index is 0.0110. The van der Waals surface area contributed by atoms with Crippen LogP contribution in [0.4, 0.5) is 0 Å². The summed E-state index contributed by atoms with van der Waals surface area (Å²) in [4.78, 5) is 12.9. The second kappa shape index (κ2) is 5.07. The Labute approximate surface area is 141 Å². The van der Waals surface area contributed by atoms with Gasteiger partial charge in [-0.25, -0.2) is 0 Å². The third-order valence-corrected chi connectivity index (χ3v) is 6.30. The van der Waals surface area contributed by atoms with E-state index in [9.17, 15) is 10.0 Å². The number of amides is 1. The fourth-order valence-corrected chi connectivity index (χ4v) is 5.00. The van der Waals surface area contributed by atoms with Crippen LogP contribution < -0.4 is 5.32 Å². The number of hydrogen-bond donors (Lipinski definition) is 1. The van der Waals surface area contributed by atoms with Gasteiger partial charge in [-0.2, -0.15) is 0 Å². The van der Waals surface area contributed by atoms with E-state index in [1.807, 2.05) is 12.3 Å². The lowest BCUT2D eigenvalue weighted by molar-refractivity contribution is -0.898. The van der Waals surface area contributed by atoms with E-state index in [-0.39, 0.29) is 16.6 Å². The number of benzene rings is 1. The number of rotatable bonds is 2. The summed E-state index contributed by atoms with van der Waals surface area (Å²) in [6.45, 7) is 2.97. The molecule has 2 bridgehead atoms. The van der Waals surface area contributed by atoms with Crippen LogP contribution in [0.25, 0.3) is 10.9 Å². The number of hydrogen-bond acceptors (Lipinski definition) is 2. The topological polar surface area (TPSA) is 57.1 Å². The van der Waals surface area contributed by atoms with E-state index in [1.54, 1.807) is 0 Å². The second-order valence-electron chi connectivity index (χ2n) is 7.76. The summed E-state index contributed by atoms with van der Waals surface area (Å²) in [6, 6.07) is 6.30. The molecule has 4 aliphatic rings. The van der Waals surface area contributed by atoms with Crippen molar-refractivity contribution in [3.8, 4) is 0 Å². The van der Waals surface area contributed by atoms with Crippen molar-refractivity contribution in [2.24, 2.45) is 5.92 Å². The van der Waals surface area contributed by atoms with Crippen molar-refractivity contribution >= 4 is 16.8 Å². The maximum absolute atomic E-state index is 12.9. The molecule has 3 saturated heterocycles. The summed E-state index contributed by atoms with van der Waals surface area (Å²) in [7, 11) is 0. The van der Waals surface area contributed by atoms with Crippen molar-refractivity contribution in [1.82, 2.24) is 9.88 Å². The van der Waals surface area contributed by atoms with Gasteiger partial charge in [-0.05, 0) is 24.3 Å². The van der Waals surface area contributed by atoms with Crippen molar-refractivity contribution in [3.05, 3.63) is 40.7 Å². The molecule has 0 saturated carbocycles. The van der Waals surface area contributed by atoms with E-state index in [0.717, 1.165) is 56.3 Å².